The van der Waals surface area contributed by atoms with Crippen molar-refractivity contribution in [1.82, 2.24) is 9.97 Å². The summed E-state index contributed by atoms with van der Waals surface area (Å²) >= 11 is 0. The van der Waals surface area contributed by atoms with Gasteiger partial charge in [0.2, 0.25) is 11.7 Å². The second-order valence-electron chi connectivity index (χ2n) is 2.78. The first-order valence-electron chi connectivity index (χ1n) is 4.23. The summed E-state index contributed by atoms with van der Waals surface area (Å²) in [6, 6.07) is 8.59. The normalized spacial score (nSPS) is 9.93. The van der Waals surface area contributed by atoms with Crippen LogP contribution >= 0.6 is 0 Å². The lowest BCUT2D eigenvalue weighted by atomic mass is 10.3. The number of para-hydroxylation sites is 1. The molecule has 0 aliphatic heterocycles. The first kappa shape index (κ1) is 9.39. The zero-order chi connectivity index (χ0) is 10.7. The Balaban J connectivity index is 2.32. The van der Waals surface area contributed by atoms with Gasteiger partial charge in [-0.1, -0.05) is 18.2 Å². The standard InChI is InChI=1S/C10H7FN2O2/c11-8-6-12-10(14)13-9(8)15-7-4-2-1-3-5-7/h1-6H,(H,12,13,14). The molecule has 5 heteroatoms. The highest BCUT2D eigenvalue weighted by Crippen LogP contribution is 2.19. The molecule has 0 spiro atoms. The minimum absolute atomic E-state index is 0.235. The average molecular weight is 206 g/mol. The number of rotatable bonds is 2. The van der Waals surface area contributed by atoms with Gasteiger partial charge in [-0.3, -0.25) is 4.98 Å². The second-order valence-corrected chi connectivity index (χ2v) is 2.78. The van der Waals surface area contributed by atoms with Gasteiger partial charge in [0, 0.05) is 0 Å². The van der Waals surface area contributed by atoms with E-state index in [9.17, 15) is 9.18 Å². The van der Waals surface area contributed by atoms with Crippen molar-refractivity contribution in [2.45, 2.75) is 0 Å². The highest BCUT2D eigenvalue weighted by Gasteiger charge is 2.05. The number of ether oxygens (including phenoxy) is 1. The molecule has 0 saturated carbocycles. The van der Waals surface area contributed by atoms with Crippen LogP contribution in [0.2, 0.25) is 0 Å². The molecule has 0 atom stereocenters. The summed E-state index contributed by atoms with van der Waals surface area (Å²) in [5.41, 5.74) is -0.651. The van der Waals surface area contributed by atoms with Crippen LogP contribution in [0.25, 0.3) is 0 Å². The Labute approximate surface area is 84.4 Å². The Bertz CT molecular complexity index is 510. The summed E-state index contributed by atoms with van der Waals surface area (Å²) in [7, 11) is 0. The Morgan fingerprint density at radius 1 is 1.27 bits per heavy atom. The molecule has 2 aromatic rings. The van der Waals surface area contributed by atoms with Gasteiger partial charge in [-0.15, -0.1) is 0 Å². The Kier molecular flexibility index (Phi) is 2.45. The van der Waals surface area contributed by atoms with Crippen molar-refractivity contribution < 1.29 is 9.13 Å². The van der Waals surface area contributed by atoms with Crippen molar-refractivity contribution in [2.75, 3.05) is 0 Å². The van der Waals surface area contributed by atoms with Gasteiger partial charge in [0.1, 0.15) is 5.75 Å². The number of halogens is 1. The molecule has 76 valence electrons. The van der Waals surface area contributed by atoms with E-state index in [4.69, 9.17) is 4.74 Å². The maximum Gasteiger partial charge on any atom is 0.347 e. The van der Waals surface area contributed by atoms with Crippen molar-refractivity contribution in [2.24, 2.45) is 0 Å². The molecule has 0 bridgehead atoms. The zero-order valence-corrected chi connectivity index (χ0v) is 7.61. The van der Waals surface area contributed by atoms with Gasteiger partial charge in [-0.25, -0.2) is 4.79 Å². The minimum Gasteiger partial charge on any atom is -0.438 e. The van der Waals surface area contributed by atoms with Crippen LogP contribution in [-0.2, 0) is 0 Å². The van der Waals surface area contributed by atoms with Crippen molar-refractivity contribution in [3.63, 3.8) is 0 Å². The Hall–Kier alpha value is -2.17. The zero-order valence-electron chi connectivity index (χ0n) is 7.61. The lowest BCUT2D eigenvalue weighted by Crippen LogP contribution is -2.11. The lowest BCUT2D eigenvalue weighted by molar-refractivity contribution is 0.417. The number of aromatic nitrogens is 2. The molecule has 0 unspecified atom stereocenters. The molecule has 1 aromatic heterocycles. The van der Waals surface area contributed by atoms with E-state index in [1.54, 1.807) is 30.3 Å². The van der Waals surface area contributed by atoms with E-state index in [1.807, 2.05) is 0 Å². The first-order valence-corrected chi connectivity index (χ1v) is 4.23. The van der Waals surface area contributed by atoms with Gasteiger partial charge in [-0.05, 0) is 12.1 Å². The summed E-state index contributed by atoms with van der Waals surface area (Å²) in [5, 5.41) is 0. The van der Waals surface area contributed by atoms with Gasteiger partial charge < -0.3 is 4.74 Å². The van der Waals surface area contributed by atoms with E-state index in [-0.39, 0.29) is 5.88 Å². The maximum absolute atomic E-state index is 13.1. The van der Waals surface area contributed by atoms with Crippen LogP contribution in [-0.4, -0.2) is 9.97 Å². The van der Waals surface area contributed by atoms with E-state index >= 15 is 0 Å². The molecular formula is C10H7FN2O2. The quantitative estimate of drug-likeness (QED) is 0.813. The number of nitrogens with zero attached hydrogens (tertiary/aromatic N) is 1. The van der Waals surface area contributed by atoms with Crippen LogP contribution < -0.4 is 10.4 Å². The molecule has 0 aliphatic carbocycles. The topological polar surface area (TPSA) is 55.0 Å². The van der Waals surface area contributed by atoms with Crippen LogP contribution in [0.1, 0.15) is 0 Å². The average Bonchev–Trinajstić information content (AvgIpc) is 2.25. The van der Waals surface area contributed by atoms with Gasteiger partial charge in [0.05, 0.1) is 6.20 Å². The predicted octanol–water partition coefficient (Wildman–Crippen LogP) is 1.70. The molecule has 2 rings (SSSR count). The number of aromatic amines is 1. The largest absolute Gasteiger partial charge is 0.438 e. The molecule has 0 amide bonds. The number of H-pyrrole nitrogens is 1. The van der Waals surface area contributed by atoms with Gasteiger partial charge in [0.15, 0.2) is 0 Å². The molecular weight excluding hydrogens is 199 g/mol. The SMILES string of the molecule is O=c1ncc(F)c(Oc2ccccc2)[nH]1. The Morgan fingerprint density at radius 3 is 2.73 bits per heavy atom. The maximum atomic E-state index is 13.1. The number of hydrogen-bond donors (Lipinski definition) is 1. The highest BCUT2D eigenvalue weighted by molar-refractivity contribution is 5.26. The van der Waals surface area contributed by atoms with Crippen molar-refractivity contribution in [3.8, 4) is 11.6 Å². The van der Waals surface area contributed by atoms with Gasteiger partial charge >= 0.3 is 5.69 Å². The molecule has 0 aliphatic rings. The van der Waals surface area contributed by atoms with Crippen LogP contribution in [0, 0.1) is 5.82 Å². The summed E-state index contributed by atoms with van der Waals surface area (Å²) in [6.07, 6.45) is 0.817. The predicted molar refractivity (Wildman–Crippen MR) is 51.3 cm³/mol. The van der Waals surface area contributed by atoms with E-state index in [2.05, 4.69) is 9.97 Å². The van der Waals surface area contributed by atoms with E-state index in [1.165, 1.54) is 0 Å². The van der Waals surface area contributed by atoms with Crippen LogP contribution in [0.5, 0.6) is 11.6 Å². The van der Waals surface area contributed by atoms with E-state index in [0.29, 0.717) is 5.75 Å². The first-order chi connectivity index (χ1) is 7.25. The third-order valence-electron chi connectivity index (χ3n) is 1.70. The van der Waals surface area contributed by atoms with E-state index in [0.717, 1.165) is 6.20 Å². The fourth-order valence-electron chi connectivity index (χ4n) is 1.04. The molecule has 0 saturated heterocycles. The lowest BCUT2D eigenvalue weighted by Gasteiger charge is -2.04. The summed E-state index contributed by atoms with van der Waals surface area (Å²) in [4.78, 5) is 16.2. The molecule has 0 radical (unpaired) electrons. The molecule has 0 fully saturated rings. The number of benzene rings is 1. The molecule has 1 heterocycles. The summed E-state index contributed by atoms with van der Waals surface area (Å²) in [6.45, 7) is 0. The number of nitrogens with one attached hydrogen (secondary N) is 1. The van der Waals surface area contributed by atoms with Crippen LogP contribution in [0.3, 0.4) is 0 Å². The third kappa shape index (κ3) is 2.19. The fourth-order valence-corrected chi connectivity index (χ4v) is 1.04. The van der Waals surface area contributed by atoms with E-state index < -0.39 is 11.5 Å². The summed E-state index contributed by atoms with van der Waals surface area (Å²) < 4.78 is 18.2. The molecule has 1 aromatic carbocycles. The molecule has 1 N–H and O–H groups in total. The molecule has 15 heavy (non-hydrogen) atoms. The van der Waals surface area contributed by atoms with Gasteiger partial charge in [-0.2, -0.15) is 9.37 Å². The van der Waals surface area contributed by atoms with Crippen molar-refractivity contribution in [1.29, 1.82) is 0 Å². The highest BCUT2D eigenvalue weighted by atomic mass is 19.1. The smallest absolute Gasteiger partial charge is 0.347 e. The van der Waals surface area contributed by atoms with Crippen molar-refractivity contribution in [3.05, 3.63) is 52.8 Å². The van der Waals surface area contributed by atoms with Gasteiger partial charge in [0.25, 0.3) is 0 Å². The minimum atomic E-state index is -0.710. The second kappa shape index (κ2) is 3.91. The summed E-state index contributed by atoms with van der Waals surface area (Å²) in [5.74, 6) is -0.502. The molecule has 4 nitrogen and oxygen atoms in total. The fraction of sp³-hybridized carbons (Fsp3) is 0. The monoisotopic (exact) mass is 206 g/mol. The van der Waals surface area contributed by atoms with Crippen LogP contribution in [0.4, 0.5) is 4.39 Å². The number of hydrogen-bond acceptors (Lipinski definition) is 3. The van der Waals surface area contributed by atoms with Crippen LogP contribution in [0.15, 0.2) is 41.3 Å². The Morgan fingerprint density at radius 2 is 2.00 bits per heavy atom. The van der Waals surface area contributed by atoms with Crippen molar-refractivity contribution >= 4 is 0 Å². The third-order valence-corrected chi connectivity index (χ3v) is 1.70.